The van der Waals surface area contributed by atoms with Crippen molar-refractivity contribution in [2.45, 2.75) is 13.5 Å². The van der Waals surface area contributed by atoms with Crippen LogP contribution >= 0.6 is 28.1 Å². The maximum Gasteiger partial charge on any atom is 0.176 e. The summed E-state index contributed by atoms with van der Waals surface area (Å²) < 4.78 is 2.95. The Labute approximate surface area is 155 Å². The fraction of sp³-hybridized carbons (Fsp3) is 0.111. The van der Waals surface area contributed by atoms with Crippen LogP contribution in [-0.2, 0) is 6.54 Å². The van der Waals surface area contributed by atoms with Crippen LogP contribution in [0.15, 0.2) is 65.3 Å². The van der Waals surface area contributed by atoms with Gasteiger partial charge in [0.25, 0.3) is 0 Å². The molecular weight excluding hydrogens is 384 g/mol. The SMILES string of the molecule is Cc1cccc(NC(=S)Nc2ccn(Cc3ccc(Br)cc3)n2)c1. The molecule has 122 valence electrons. The zero-order valence-electron chi connectivity index (χ0n) is 13.2. The largest absolute Gasteiger partial charge is 0.332 e. The Morgan fingerprint density at radius 1 is 1.12 bits per heavy atom. The molecule has 3 aromatic rings. The number of benzene rings is 2. The van der Waals surface area contributed by atoms with E-state index in [4.69, 9.17) is 12.2 Å². The summed E-state index contributed by atoms with van der Waals surface area (Å²) in [5.74, 6) is 0.720. The predicted octanol–water partition coefficient (Wildman–Crippen LogP) is 4.81. The Kier molecular flexibility index (Phi) is 5.27. The van der Waals surface area contributed by atoms with E-state index < -0.39 is 0 Å². The number of anilines is 2. The molecule has 24 heavy (non-hydrogen) atoms. The zero-order chi connectivity index (χ0) is 16.9. The summed E-state index contributed by atoms with van der Waals surface area (Å²) in [5, 5.41) is 11.3. The number of halogens is 1. The van der Waals surface area contributed by atoms with Gasteiger partial charge in [-0.2, -0.15) is 5.10 Å². The van der Waals surface area contributed by atoms with Crippen LogP contribution in [0.25, 0.3) is 0 Å². The van der Waals surface area contributed by atoms with Crippen LogP contribution in [0.1, 0.15) is 11.1 Å². The Balaban J connectivity index is 1.59. The van der Waals surface area contributed by atoms with E-state index in [-0.39, 0.29) is 0 Å². The summed E-state index contributed by atoms with van der Waals surface area (Å²) in [6, 6.07) is 18.2. The lowest BCUT2D eigenvalue weighted by molar-refractivity contribution is 0.690. The summed E-state index contributed by atoms with van der Waals surface area (Å²) in [7, 11) is 0. The van der Waals surface area contributed by atoms with Gasteiger partial charge in [-0.25, -0.2) is 0 Å². The van der Waals surface area contributed by atoms with Crippen LogP contribution in [0.4, 0.5) is 11.5 Å². The van der Waals surface area contributed by atoms with Crippen molar-refractivity contribution in [3.05, 3.63) is 76.4 Å². The molecule has 0 amide bonds. The molecular formula is C18H17BrN4S. The first-order valence-corrected chi connectivity index (χ1v) is 8.71. The lowest BCUT2D eigenvalue weighted by atomic mass is 10.2. The molecule has 0 atom stereocenters. The van der Waals surface area contributed by atoms with Crippen molar-refractivity contribution in [1.29, 1.82) is 0 Å². The van der Waals surface area contributed by atoms with E-state index in [1.54, 1.807) is 0 Å². The van der Waals surface area contributed by atoms with Gasteiger partial charge >= 0.3 is 0 Å². The molecule has 2 N–H and O–H groups in total. The minimum Gasteiger partial charge on any atom is -0.332 e. The molecule has 0 saturated heterocycles. The van der Waals surface area contributed by atoms with Crippen LogP contribution in [0.2, 0.25) is 0 Å². The standard InChI is InChI=1S/C18H17BrN4S/c1-13-3-2-4-16(11-13)20-18(24)21-17-9-10-23(22-17)12-14-5-7-15(19)8-6-14/h2-11H,12H2,1H3,(H2,20,21,22,24). The van der Waals surface area contributed by atoms with Gasteiger partial charge in [-0.1, -0.05) is 40.2 Å². The Hall–Kier alpha value is -2.18. The molecule has 6 heteroatoms. The minimum atomic E-state index is 0.523. The van der Waals surface area contributed by atoms with Gasteiger partial charge in [0.15, 0.2) is 10.9 Å². The van der Waals surface area contributed by atoms with Crippen molar-refractivity contribution in [3.63, 3.8) is 0 Å². The van der Waals surface area contributed by atoms with Crippen LogP contribution in [-0.4, -0.2) is 14.9 Å². The maximum atomic E-state index is 5.34. The molecule has 0 aliphatic carbocycles. The van der Waals surface area contributed by atoms with Crippen LogP contribution in [0.3, 0.4) is 0 Å². The second-order valence-electron chi connectivity index (χ2n) is 5.47. The maximum absolute atomic E-state index is 5.34. The number of hydrogen-bond acceptors (Lipinski definition) is 2. The quantitative estimate of drug-likeness (QED) is 0.616. The summed E-state index contributed by atoms with van der Waals surface area (Å²) in [6.07, 6.45) is 1.93. The highest BCUT2D eigenvalue weighted by Crippen LogP contribution is 2.13. The van der Waals surface area contributed by atoms with Gasteiger partial charge in [0.05, 0.1) is 6.54 Å². The number of aromatic nitrogens is 2. The molecule has 0 aliphatic rings. The average Bonchev–Trinajstić information content (AvgIpc) is 2.96. The van der Waals surface area contributed by atoms with E-state index in [1.807, 2.05) is 60.3 Å². The van der Waals surface area contributed by atoms with E-state index in [0.29, 0.717) is 11.7 Å². The van der Waals surface area contributed by atoms with Crippen molar-refractivity contribution in [2.75, 3.05) is 10.6 Å². The van der Waals surface area contributed by atoms with E-state index in [2.05, 4.69) is 43.8 Å². The fourth-order valence-corrected chi connectivity index (χ4v) is 2.78. The van der Waals surface area contributed by atoms with Gasteiger partial charge in [0, 0.05) is 22.4 Å². The average molecular weight is 401 g/mol. The van der Waals surface area contributed by atoms with E-state index in [1.165, 1.54) is 11.1 Å². The molecule has 1 aromatic heterocycles. The second-order valence-corrected chi connectivity index (χ2v) is 6.80. The zero-order valence-corrected chi connectivity index (χ0v) is 15.6. The first-order chi connectivity index (χ1) is 11.6. The Morgan fingerprint density at radius 3 is 2.67 bits per heavy atom. The minimum absolute atomic E-state index is 0.523. The third-order valence-corrected chi connectivity index (χ3v) is 4.15. The van der Waals surface area contributed by atoms with Gasteiger partial charge < -0.3 is 10.6 Å². The third kappa shape index (κ3) is 4.66. The van der Waals surface area contributed by atoms with Gasteiger partial charge in [0.1, 0.15) is 0 Å². The molecule has 0 radical (unpaired) electrons. The number of thiocarbonyl (C=S) groups is 1. The van der Waals surface area contributed by atoms with Crippen molar-refractivity contribution < 1.29 is 0 Å². The summed E-state index contributed by atoms with van der Waals surface area (Å²) >= 11 is 8.78. The van der Waals surface area contributed by atoms with Crippen molar-refractivity contribution in [1.82, 2.24) is 9.78 Å². The van der Waals surface area contributed by atoms with Crippen molar-refractivity contribution in [2.24, 2.45) is 0 Å². The number of aryl methyl sites for hydroxylation is 1. The molecule has 3 rings (SSSR count). The fourth-order valence-electron chi connectivity index (χ4n) is 2.29. The third-order valence-electron chi connectivity index (χ3n) is 3.42. The van der Waals surface area contributed by atoms with Gasteiger partial charge in [0.2, 0.25) is 0 Å². The van der Waals surface area contributed by atoms with Crippen molar-refractivity contribution in [3.8, 4) is 0 Å². The smallest absolute Gasteiger partial charge is 0.176 e. The highest BCUT2D eigenvalue weighted by Gasteiger charge is 2.03. The first-order valence-electron chi connectivity index (χ1n) is 7.51. The number of rotatable bonds is 4. The monoisotopic (exact) mass is 400 g/mol. The summed E-state index contributed by atoms with van der Waals surface area (Å²) in [5.41, 5.74) is 3.33. The molecule has 0 saturated carbocycles. The molecule has 0 fully saturated rings. The second kappa shape index (κ2) is 7.59. The van der Waals surface area contributed by atoms with Crippen LogP contribution in [0, 0.1) is 6.92 Å². The highest BCUT2D eigenvalue weighted by atomic mass is 79.9. The highest BCUT2D eigenvalue weighted by molar-refractivity contribution is 9.10. The molecule has 0 unspecified atom stereocenters. The normalized spacial score (nSPS) is 10.4. The van der Waals surface area contributed by atoms with Gasteiger partial charge in [-0.3, -0.25) is 4.68 Å². The molecule has 2 aromatic carbocycles. The van der Waals surface area contributed by atoms with E-state index >= 15 is 0 Å². The molecule has 1 heterocycles. The number of hydrogen-bond donors (Lipinski definition) is 2. The number of nitrogens with zero attached hydrogens (tertiary/aromatic N) is 2. The Bertz CT molecular complexity index is 842. The first kappa shape index (κ1) is 16.7. The van der Waals surface area contributed by atoms with E-state index in [9.17, 15) is 0 Å². The van der Waals surface area contributed by atoms with Gasteiger partial charge in [-0.05, 0) is 54.5 Å². The van der Waals surface area contributed by atoms with Crippen LogP contribution in [0.5, 0.6) is 0 Å². The topological polar surface area (TPSA) is 41.9 Å². The number of nitrogens with one attached hydrogen (secondary N) is 2. The molecule has 0 bridgehead atoms. The predicted molar refractivity (Wildman–Crippen MR) is 106 cm³/mol. The van der Waals surface area contributed by atoms with Crippen molar-refractivity contribution >= 4 is 44.8 Å². The lowest BCUT2D eigenvalue weighted by Gasteiger charge is -2.09. The molecule has 4 nitrogen and oxygen atoms in total. The lowest BCUT2D eigenvalue weighted by Crippen LogP contribution is -2.19. The molecule has 0 spiro atoms. The molecule has 0 aliphatic heterocycles. The van der Waals surface area contributed by atoms with Gasteiger partial charge in [-0.15, -0.1) is 0 Å². The van der Waals surface area contributed by atoms with Crippen LogP contribution < -0.4 is 10.6 Å². The summed E-state index contributed by atoms with van der Waals surface area (Å²) in [4.78, 5) is 0. The van der Waals surface area contributed by atoms with E-state index in [0.717, 1.165) is 16.0 Å². The Morgan fingerprint density at radius 2 is 1.92 bits per heavy atom. The summed E-state index contributed by atoms with van der Waals surface area (Å²) in [6.45, 7) is 2.76.